The Labute approximate surface area is 108 Å². The van der Waals surface area contributed by atoms with Gasteiger partial charge in [0.1, 0.15) is 0 Å². The highest BCUT2D eigenvalue weighted by Gasteiger charge is 2.06. The molecular weight excluding hydrogens is 224 g/mol. The normalized spacial score (nSPS) is 10.7. The van der Waals surface area contributed by atoms with Crippen molar-refractivity contribution in [3.63, 3.8) is 0 Å². The maximum Gasteiger partial charge on any atom is 0.155 e. The van der Waals surface area contributed by atoms with Crippen molar-refractivity contribution in [3.05, 3.63) is 41.7 Å². The molecule has 4 heteroatoms. The van der Waals surface area contributed by atoms with Crippen LogP contribution in [0.15, 0.2) is 30.3 Å². The minimum atomic E-state index is 0.807. The van der Waals surface area contributed by atoms with Crippen molar-refractivity contribution in [1.82, 2.24) is 20.2 Å². The summed E-state index contributed by atoms with van der Waals surface area (Å²) in [6, 6.07) is 10.3. The van der Waals surface area contributed by atoms with Crippen molar-refractivity contribution >= 4 is 0 Å². The Balaban J connectivity index is 1.91. The van der Waals surface area contributed by atoms with Crippen LogP contribution in [0.3, 0.4) is 0 Å². The Bertz CT molecular complexity index is 450. The summed E-state index contributed by atoms with van der Waals surface area (Å²) in [6.45, 7) is 3.15. The van der Waals surface area contributed by atoms with E-state index in [0.29, 0.717) is 0 Å². The summed E-state index contributed by atoms with van der Waals surface area (Å²) < 4.78 is 1.93. The van der Waals surface area contributed by atoms with Crippen molar-refractivity contribution in [1.29, 1.82) is 0 Å². The zero-order valence-corrected chi connectivity index (χ0v) is 10.9. The average Bonchev–Trinajstić information content (AvgIpc) is 2.83. The van der Waals surface area contributed by atoms with Crippen LogP contribution in [0, 0.1) is 0 Å². The van der Waals surface area contributed by atoms with Gasteiger partial charge in [0.15, 0.2) is 5.82 Å². The molecule has 1 aromatic carbocycles. The number of benzene rings is 1. The summed E-state index contributed by atoms with van der Waals surface area (Å²) in [5, 5.41) is 12.0. The van der Waals surface area contributed by atoms with E-state index in [4.69, 9.17) is 0 Å². The van der Waals surface area contributed by atoms with Crippen LogP contribution >= 0.6 is 0 Å². The molecule has 96 valence electrons. The molecule has 0 N–H and O–H groups in total. The van der Waals surface area contributed by atoms with Crippen LogP contribution in [0.4, 0.5) is 0 Å². The van der Waals surface area contributed by atoms with Gasteiger partial charge in [-0.3, -0.25) is 0 Å². The molecule has 0 radical (unpaired) electrons. The third-order valence-corrected chi connectivity index (χ3v) is 3.03. The van der Waals surface area contributed by atoms with Gasteiger partial charge in [-0.15, -0.1) is 5.10 Å². The Kier molecular flexibility index (Phi) is 4.88. The SMILES string of the molecule is CCCCCCn1nnnc1Cc1ccccc1. The summed E-state index contributed by atoms with van der Waals surface area (Å²) >= 11 is 0. The van der Waals surface area contributed by atoms with Gasteiger partial charge in [0.05, 0.1) is 0 Å². The number of hydrogen-bond acceptors (Lipinski definition) is 3. The van der Waals surface area contributed by atoms with E-state index < -0.39 is 0 Å². The smallest absolute Gasteiger partial charge is 0.155 e. The van der Waals surface area contributed by atoms with Gasteiger partial charge in [0.2, 0.25) is 0 Å². The molecule has 0 aliphatic carbocycles. The summed E-state index contributed by atoms with van der Waals surface area (Å²) in [7, 11) is 0. The van der Waals surface area contributed by atoms with E-state index in [1.54, 1.807) is 0 Å². The minimum Gasteiger partial charge on any atom is -0.229 e. The molecule has 0 saturated heterocycles. The summed E-state index contributed by atoms with van der Waals surface area (Å²) in [5.74, 6) is 0.956. The molecule has 0 bridgehead atoms. The highest BCUT2D eigenvalue weighted by molar-refractivity contribution is 5.18. The molecule has 0 aliphatic heterocycles. The molecule has 0 aliphatic rings. The van der Waals surface area contributed by atoms with E-state index in [0.717, 1.165) is 25.2 Å². The highest BCUT2D eigenvalue weighted by atomic mass is 15.5. The molecule has 18 heavy (non-hydrogen) atoms. The molecule has 0 atom stereocenters. The molecule has 2 aromatic rings. The van der Waals surface area contributed by atoms with Crippen molar-refractivity contribution in [2.75, 3.05) is 0 Å². The fraction of sp³-hybridized carbons (Fsp3) is 0.500. The van der Waals surface area contributed by atoms with Crippen molar-refractivity contribution in [2.45, 2.75) is 45.6 Å². The second-order valence-corrected chi connectivity index (χ2v) is 4.54. The van der Waals surface area contributed by atoms with Crippen LogP contribution in [0.2, 0.25) is 0 Å². The van der Waals surface area contributed by atoms with Crippen molar-refractivity contribution in [2.24, 2.45) is 0 Å². The average molecular weight is 244 g/mol. The molecule has 0 unspecified atom stereocenters. The van der Waals surface area contributed by atoms with E-state index in [1.165, 1.54) is 24.8 Å². The van der Waals surface area contributed by atoms with Gasteiger partial charge in [-0.25, -0.2) is 4.68 Å². The predicted molar refractivity (Wildman–Crippen MR) is 71.2 cm³/mol. The third-order valence-electron chi connectivity index (χ3n) is 3.03. The predicted octanol–water partition coefficient (Wildman–Crippen LogP) is 2.84. The van der Waals surface area contributed by atoms with Gasteiger partial charge in [0, 0.05) is 13.0 Å². The minimum absolute atomic E-state index is 0.807. The Morgan fingerprint density at radius 1 is 1.06 bits per heavy atom. The lowest BCUT2D eigenvalue weighted by atomic mass is 10.1. The quantitative estimate of drug-likeness (QED) is 0.703. The lowest BCUT2D eigenvalue weighted by molar-refractivity contribution is 0.515. The van der Waals surface area contributed by atoms with Crippen LogP contribution in [-0.4, -0.2) is 20.2 Å². The Morgan fingerprint density at radius 2 is 1.89 bits per heavy atom. The molecule has 0 fully saturated rings. The van der Waals surface area contributed by atoms with Crippen LogP contribution in [0.25, 0.3) is 0 Å². The Morgan fingerprint density at radius 3 is 2.67 bits per heavy atom. The molecular formula is C14H20N4. The Hall–Kier alpha value is -1.71. The largest absolute Gasteiger partial charge is 0.229 e. The fourth-order valence-electron chi connectivity index (χ4n) is 1.99. The molecule has 4 nitrogen and oxygen atoms in total. The van der Waals surface area contributed by atoms with E-state index in [-0.39, 0.29) is 0 Å². The first-order chi connectivity index (χ1) is 8.90. The molecule has 0 saturated carbocycles. The first-order valence-electron chi connectivity index (χ1n) is 6.69. The van der Waals surface area contributed by atoms with Crippen LogP contribution in [-0.2, 0) is 13.0 Å². The number of unbranched alkanes of at least 4 members (excludes halogenated alkanes) is 3. The monoisotopic (exact) mass is 244 g/mol. The number of hydrogen-bond donors (Lipinski definition) is 0. The number of aromatic nitrogens is 4. The maximum absolute atomic E-state index is 4.11. The first kappa shape index (κ1) is 12.7. The lowest BCUT2D eigenvalue weighted by Crippen LogP contribution is -2.06. The number of nitrogens with zero attached hydrogens (tertiary/aromatic N) is 4. The van der Waals surface area contributed by atoms with Gasteiger partial charge < -0.3 is 0 Å². The standard InChI is InChI=1S/C14H20N4/c1-2-3-4-8-11-18-14(15-16-17-18)12-13-9-6-5-7-10-13/h5-7,9-10H,2-4,8,11-12H2,1H3. The maximum atomic E-state index is 4.11. The van der Waals surface area contributed by atoms with E-state index in [2.05, 4.69) is 34.6 Å². The number of rotatable bonds is 7. The van der Waals surface area contributed by atoms with E-state index in [1.807, 2.05) is 22.9 Å². The van der Waals surface area contributed by atoms with Gasteiger partial charge in [0.25, 0.3) is 0 Å². The van der Waals surface area contributed by atoms with Crippen LogP contribution < -0.4 is 0 Å². The van der Waals surface area contributed by atoms with E-state index >= 15 is 0 Å². The molecule has 1 aromatic heterocycles. The van der Waals surface area contributed by atoms with Crippen LogP contribution in [0.1, 0.15) is 44.0 Å². The number of aryl methyl sites for hydroxylation is 1. The lowest BCUT2D eigenvalue weighted by Gasteiger charge is -2.04. The first-order valence-corrected chi connectivity index (χ1v) is 6.69. The summed E-state index contributed by atoms with van der Waals surface area (Å²) in [6.07, 6.45) is 5.76. The molecule has 0 amide bonds. The summed E-state index contributed by atoms with van der Waals surface area (Å²) in [4.78, 5) is 0. The van der Waals surface area contributed by atoms with E-state index in [9.17, 15) is 0 Å². The van der Waals surface area contributed by atoms with Gasteiger partial charge in [-0.1, -0.05) is 56.5 Å². The van der Waals surface area contributed by atoms with Crippen LogP contribution in [0.5, 0.6) is 0 Å². The fourth-order valence-corrected chi connectivity index (χ4v) is 1.99. The molecule has 1 heterocycles. The van der Waals surface area contributed by atoms with Gasteiger partial charge >= 0.3 is 0 Å². The van der Waals surface area contributed by atoms with Crippen molar-refractivity contribution < 1.29 is 0 Å². The van der Waals surface area contributed by atoms with Gasteiger partial charge in [-0.2, -0.15) is 0 Å². The van der Waals surface area contributed by atoms with Gasteiger partial charge in [-0.05, 0) is 22.4 Å². The second kappa shape index (κ2) is 6.89. The number of tetrazole rings is 1. The topological polar surface area (TPSA) is 43.6 Å². The zero-order chi connectivity index (χ0) is 12.6. The molecule has 0 spiro atoms. The third kappa shape index (κ3) is 3.65. The molecule has 2 rings (SSSR count). The van der Waals surface area contributed by atoms with Crippen molar-refractivity contribution in [3.8, 4) is 0 Å². The highest BCUT2D eigenvalue weighted by Crippen LogP contribution is 2.07. The summed E-state index contributed by atoms with van der Waals surface area (Å²) in [5.41, 5.74) is 1.25. The zero-order valence-electron chi connectivity index (χ0n) is 10.9. The second-order valence-electron chi connectivity index (χ2n) is 4.54.